The number of halogens is 2. The van der Waals surface area contributed by atoms with E-state index in [1.807, 2.05) is 0 Å². The Kier molecular flexibility index (Phi) is 8.44. The molecule has 180 valence electrons. The molecule has 1 aliphatic heterocycles. The third kappa shape index (κ3) is 6.30. The van der Waals surface area contributed by atoms with Crippen molar-refractivity contribution in [2.45, 2.75) is 31.7 Å². The summed E-state index contributed by atoms with van der Waals surface area (Å²) in [7, 11) is -1.91. The molecule has 2 aromatic rings. The lowest BCUT2D eigenvalue weighted by molar-refractivity contribution is 0.103. The lowest BCUT2D eigenvalue weighted by Gasteiger charge is -2.31. The lowest BCUT2D eigenvalue weighted by atomic mass is 10.0. The van der Waals surface area contributed by atoms with Crippen LogP contribution in [0.5, 0.6) is 5.75 Å². The van der Waals surface area contributed by atoms with Gasteiger partial charge in [0, 0.05) is 31.2 Å². The minimum absolute atomic E-state index is 0.0214. The molecule has 0 unspecified atom stereocenters. The third-order valence-electron chi connectivity index (χ3n) is 5.44. The van der Waals surface area contributed by atoms with E-state index in [1.165, 1.54) is 29.7 Å². The van der Waals surface area contributed by atoms with Crippen LogP contribution in [0.4, 0.5) is 16.2 Å². The fourth-order valence-electron chi connectivity index (χ4n) is 3.61. The van der Waals surface area contributed by atoms with Crippen LogP contribution >= 0.6 is 11.6 Å². The Hall–Kier alpha value is -2.50. The largest absolute Gasteiger partial charge is 0.496 e. The summed E-state index contributed by atoms with van der Waals surface area (Å²) in [5, 5.41) is 3.15. The second-order valence-electron chi connectivity index (χ2n) is 7.70. The van der Waals surface area contributed by atoms with E-state index in [2.05, 4.69) is 15.3 Å². The Morgan fingerprint density at radius 2 is 2.03 bits per heavy atom. The number of alkyl halides is 1. The van der Waals surface area contributed by atoms with E-state index in [1.54, 1.807) is 0 Å². The van der Waals surface area contributed by atoms with Crippen LogP contribution in [0, 0.1) is 5.82 Å². The highest BCUT2D eigenvalue weighted by atomic mass is 35.5. The maximum absolute atomic E-state index is 13.6. The minimum atomic E-state index is -3.29. The molecule has 0 radical (unpaired) electrons. The number of nitrogens with two attached hydrogens (primary N) is 1. The van der Waals surface area contributed by atoms with Gasteiger partial charge in [0.05, 0.1) is 24.0 Å². The number of piperidine rings is 1. The molecule has 1 aromatic heterocycles. The van der Waals surface area contributed by atoms with E-state index >= 15 is 0 Å². The maximum atomic E-state index is 13.6. The number of ether oxygens (including phenoxy) is 1. The summed E-state index contributed by atoms with van der Waals surface area (Å²) < 4.78 is 45.1. The molecule has 1 fully saturated rings. The van der Waals surface area contributed by atoms with Crippen molar-refractivity contribution in [3.05, 3.63) is 41.3 Å². The molecule has 33 heavy (non-hydrogen) atoms. The fraction of sp³-hybridized carbons (Fsp3) is 0.476. The van der Waals surface area contributed by atoms with Crippen molar-refractivity contribution in [3.63, 3.8) is 0 Å². The van der Waals surface area contributed by atoms with Gasteiger partial charge in [-0.05, 0) is 43.9 Å². The van der Waals surface area contributed by atoms with Crippen molar-refractivity contribution in [2.75, 3.05) is 42.9 Å². The van der Waals surface area contributed by atoms with Crippen molar-refractivity contribution >= 4 is 39.2 Å². The average Bonchev–Trinajstić information content (AvgIpc) is 2.79. The molecule has 0 aliphatic carbocycles. The highest BCUT2D eigenvalue weighted by molar-refractivity contribution is 7.89. The molecule has 12 heteroatoms. The van der Waals surface area contributed by atoms with Gasteiger partial charge >= 0.3 is 0 Å². The maximum Gasteiger partial charge on any atom is 0.224 e. The highest BCUT2D eigenvalue weighted by Gasteiger charge is 2.28. The van der Waals surface area contributed by atoms with Gasteiger partial charge in [0.1, 0.15) is 17.4 Å². The first kappa shape index (κ1) is 25.1. The molecule has 2 heterocycles. The number of unbranched alkanes of at least 4 members (excludes halogenated alkanes) is 1. The number of nitrogen functional groups attached to an aromatic ring is 1. The van der Waals surface area contributed by atoms with Crippen LogP contribution in [-0.4, -0.2) is 66.3 Å². The molecule has 9 nitrogen and oxygen atoms in total. The van der Waals surface area contributed by atoms with Crippen LogP contribution in [0.15, 0.2) is 24.4 Å². The second-order valence-corrected chi connectivity index (χ2v) is 10.2. The minimum Gasteiger partial charge on any atom is -0.496 e. The molecular weight excluding hydrogens is 473 g/mol. The standard InChI is InChI=1S/C21H27ClFN5O4S/c1-32-18-5-4-14(23)12-16(18)19(29)17-13-25-21(27-20(17)24)26-15-6-9-28(10-7-15)33(30,31)11-3-2-8-22/h4-5,12-13,15H,2-3,6-11H2,1H3,(H3,24,25,26,27). The number of methoxy groups -OCH3 is 1. The smallest absolute Gasteiger partial charge is 0.224 e. The first-order chi connectivity index (χ1) is 15.7. The van der Waals surface area contributed by atoms with Gasteiger partial charge in [0.25, 0.3) is 0 Å². The van der Waals surface area contributed by atoms with E-state index < -0.39 is 21.6 Å². The molecule has 1 aliphatic rings. The summed E-state index contributed by atoms with van der Waals surface area (Å²) in [5.74, 6) is -0.185. The van der Waals surface area contributed by atoms with Crippen molar-refractivity contribution < 1.29 is 22.3 Å². The topological polar surface area (TPSA) is 128 Å². The summed E-state index contributed by atoms with van der Waals surface area (Å²) in [6.07, 6.45) is 3.66. The van der Waals surface area contributed by atoms with Gasteiger partial charge in [-0.25, -0.2) is 22.1 Å². The van der Waals surface area contributed by atoms with E-state index in [4.69, 9.17) is 22.1 Å². The first-order valence-electron chi connectivity index (χ1n) is 10.6. The van der Waals surface area contributed by atoms with Crippen LogP contribution in [0.3, 0.4) is 0 Å². The third-order valence-corrected chi connectivity index (χ3v) is 7.66. The number of benzene rings is 1. The molecule has 1 aromatic carbocycles. The Bertz CT molecular complexity index is 1090. The number of ketones is 1. The Labute approximate surface area is 197 Å². The average molecular weight is 500 g/mol. The second kappa shape index (κ2) is 11.1. The zero-order chi connectivity index (χ0) is 24.0. The van der Waals surface area contributed by atoms with Gasteiger partial charge in [-0.15, -0.1) is 11.6 Å². The molecule has 0 saturated carbocycles. The van der Waals surface area contributed by atoms with Crippen LogP contribution in [-0.2, 0) is 10.0 Å². The molecule has 1 saturated heterocycles. The Balaban J connectivity index is 1.63. The van der Waals surface area contributed by atoms with Gasteiger partial charge in [-0.1, -0.05) is 0 Å². The van der Waals surface area contributed by atoms with Crippen molar-refractivity contribution in [1.29, 1.82) is 0 Å². The number of nitrogens with one attached hydrogen (secondary N) is 1. The molecule has 0 atom stereocenters. The quantitative estimate of drug-likeness (QED) is 0.290. The number of hydrogen-bond acceptors (Lipinski definition) is 8. The molecule has 0 bridgehead atoms. The van der Waals surface area contributed by atoms with Crippen LogP contribution in [0.2, 0.25) is 0 Å². The van der Waals surface area contributed by atoms with Crippen molar-refractivity contribution in [3.8, 4) is 5.75 Å². The summed E-state index contributed by atoms with van der Waals surface area (Å²) in [6.45, 7) is 0.790. The SMILES string of the molecule is COc1ccc(F)cc1C(=O)c1cnc(NC2CCN(S(=O)(=O)CCCCCl)CC2)nc1N. The molecule has 0 spiro atoms. The Morgan fingerprint density at radius 1 is 1.30 bits per heavy atom. The predicted octanol–water partition coefficient (Wildman–Crippen LogP) is 2.66. The summed E-state index contributed by atoms with van der Waals surface area (Å²) in [4.78, 5) is 21.2. The predicted molar refractivity (Wildman–Crippen MR) is 125 cm³/mol. The van der Waals surface area contributed by atoms with Gasteiger partial charge in [0.15, 0.2) is 0 Å². The number of hydrogen-bond donors (Lipinski definition) is 2. The van der Waals surface area contributed by atoms with Gasteiger partial charge in [0.2, 0.25) is 21.8 Å². The van der Waals surface area contributed by atoms with Crippen LogP contribution in [0.1, 0.15) is 41.6 Å². The van der Waals surface area contributed by atoms with E-state index in [9.17, 15) is 17.6 Å². The summed E-state index contributed by atoms with van der Waals surface area (Å²) in [5.41, 5.74) is 6.04. The zero-order valence-electron chi connectivity index (χ0n) is 18.3. The van der Waals surface area contributed by atoms with Crippen LogP contribution in [0.25, 0.3) is 0 Å². The summed E-state index contributed by atoms with van der Waals surface area (Å²) in [6, 6.07) is 3.59. The van der Waals surface area contributed by atoms with E-state index in [-0.39, 0.29) is 40.4 Å². The van der Waals surface area contributed by atoms with Crippen LogP contribution < -0.4 is 15.8 Å². The first-order valence-corrected chi connectivity index (χ1v) is 12.7. The number of anilines is 2. The Morgan fingerprint density at radius 3 is 2.67 bits per heavy atom. The van der Waals surface area contributed by atoms with E-state index in [0.29, 0.717) is 44.7 Å². The number of aromatic nitrogens is 2. The molecule has 3 rings (SSSR count). The normalized spacial score (nSPS) is 15.4. The fourth-order valence-corrected chi connectivity index (χ4v) is 5.39. The number of sulfonamides is 1. The van der Waals surface area contributed by atoms with Gasteiger partial charge in [-0.3, -0.25) is 4.79 Å². The zero-order valence-corrected chi connectivity index (χ0v) is 19.8. The molecule has 0 amide bonds. The number of carbonyl (C=O) groups excluding carboxylic acids is 1. The van der Waals surface area contributed by atoms with Crippen molar-refractivity contribution in [2.24, 2.45) is 0 Å². The molecule has 3 N–H and O–H groups in total. The van der Waals surface area contributed by atoms with Gasteiger partial charge < -0.3 is 15.8 Å². The number of nitrogens with zero attached hydrogens (tertiary/aromatic N) is 3. The number of rotatable bonds is 10. The monoisotopic (exact) mass is 499 g/mol. The van der Waals surface area contributed by atoms with Gasteiger partial charge in [-0.2, -0.15) is 4.98 Å². The highest BCUT2D eigenvalue weighted by Crippen LogP contribution is 2.25. The molecular formula is C21H27ClFN5O4S. The summed E-state index contributed by atoms with van der Waals surface area (Å²) >= 11 is 5.62. The number of carbonyl (C=O) groups is 1. The van der Waals surface area contributed by atoms with E-state index in [0.717, 1.165) is 6.07 Å². The van der Waals surface area contributed by atoms with Crippen molar-refractivity contribution in [1.82, 2.24) is 14.3 Å². The lowest BCUT2D eigenvalue weighted by Crippen LogP contribution is -2.43.